The molecule has 0 saturated heterocycles. The van der Waals surface area contributed by atoms with Crippen LogP contribution in [-0.2, 0) is 0 Å². The summed E-state index contributed by atoms with van der Waals surface area (Å²) in [7, 11) is 2.20. The first-order valence-electron chi connectivity index (χ1n) is 10.3. The van der Waals surface area contributed by atoms with E-state index in [0.717, 1.165) is 0 Å². The van der Waals surface area contributed by atoms with Crippen molar-refractivity contribution in [3.05, 3.63) is 12.4 Å². The van der Waals surface area contributed by atoms with Gasteiger partial charge in [-0.1, -0.05) is 91.4 Å². The fourth-order valence-electron chi connectivity index (χ4n) is 3.80. The summed E-state index contributed by atoms with van der Waals surface area (Å²) in [6, 6.07) is 0. The standard InChI is InChI=1S/C21H42N2/c1-5-6-7-8-9-10-11-12-13-14-15-16-17-23-19-18-22(4)21(23)20(2)3/h18-21H,5-17H2,1-4H3. The molecule has 136 valence electrons. The molecule has 0 aromatic carbocycles. The molecule has 0 aromatic rings. The maximum atomic E-state index is 2.53. The smallest absolute Gasteiger partial charge is 0.103 e. The number of hydrogen-bond donors (Lipinski definition) is 0. The van der Waals surface area contributed by atoms with Crippen LogP contribution in [0.1, 0.15) is 97.8 Å². The van der Waals surface area contributed by atoms with E-state index in [1.807, 2.05) is 0 Å². The van der Waals surface area contributed by atoms with Gasteiger partial charge in [0.25, 0.3) is 0 Å². The van der Waals surface area contributed by atoms with Crippen molar-refractivity contribution in [2.45, 2.75) is 104 Å². The Bertz CT molecular complexity index is 298. The average Bonchev–Trinajstić information content (AvgIpc) is 2.89. The lowest BCUT2D eigenvalue weighted by Crippen LogP contribution is -2.41. The van der Waals surface area contributed by atoms with Gasteiger partial charge < -0.3 is 9.80 Å². The van der Waals surface area contributed by atoms with Crippen molar-refractivity contribution < 1.29 is 0 Å². The molecular formula is C21H42N2. The lowest BCUT2D eigenvalue weighted by atomic mass is 10.0. The quantitative estimate of drug-likeness (QED) is 0.342. The Hall–Kier alpha value is -0.660. The van der Waals surface area contributed by atoms with Gasteiger partial charge in [0.1, 0.15) is 6.17 Å². The van der Waals surface area contributed by atoms with Gasteiger partial charge >= 0.3 is 0 Å². The number of hydrogen-bond acceptors (Lipinski definition) is 2. The molecule has 0 N–H and O–H groups in total. The normalized spacial score (nSPS) is 17.7. The predicted molar refractivity (Wildman–Crippen MR) is 103 cm³/mol. The monoisotopic (exact) mass is 322 g/mol. The van der Waals surface area contributed by atoms with Gasteiger partial charge in [0.2, 0.25) is 0 Å². The molecule has 1 aliphatic heterocycles. The van der Waals surface area contributed by atoms with Crippen LogP contribution in [0.2, 0.25) is 0 Å². The maximum absolute atomic E-state index is 2.53. The number of unbranched alkanes of at least 4 members (excludes halogenated alkanes) is 11. The minimum absolute atomic E-state index is 0.572. The Morgan fingerprint density at radius 3 is 1.70 bits per heavy atom. The van der Waals surface area contributed by atoms with E-state index in [-0.39, 0.29) is 0 Å². The second-order valence-corrected chi connectivity index (χ2v) is 7.75. The Morgan fingerprint density at radius 2 is 1.22 bits per heavy atom. The van der Waals surface area contributed by atoms with Crippen LogP contribution in [0.15, 0.2) is 12.4 Å². The highest BCUT2D eigenvalue weighted by Crippen LogP contribution is 2.21. The summed E-state index contributed by atoms with van der Waals surface area (Å²) < 4.78 is 0. The average molecular weight is 323 g/mol. The van der Waals surface area contributed by atoms with E-state index in [9.17, 15) is 0 Å². The third kappa shape index (κ3) is 8.67. The highest BCUT2D eigenvalue weighted by Gasteiger charge is 2.25. The molecule has 0 aliphatic carbocycles. The Balaban J connectivity index is 1.89. The summed E-state index contributed by atoms with van der Waals surface area (Å²) >= 11 is 0. The van der Waals surface area contributed by atoms with E-state index in [1.165, 1.54) is 83.6 Å². The lowest BCUT2D eigenvalue weighted by Gasteiger charge is -2.33. The molecule has 2 nitrogen and oxygen atoms in total. The minimum atomic E-state index is 0.572. The zero-order valence-corrected chi connectivity index (χ0v) is 16.4. The fraction of sp³-hybridized carbons (Fsp3) is 0.905. The van der Waals surface area contributed by atoms with Gasteiger partial charge in [-0.25, -0.2) is 0 Å². The topological polar surface area (TPSA) is 6.48 Å². The van der Waals surface area contributed by atoms with Gasteiger partial charge in [-0.15, -0.1) is 0 Å². The first-order valence-corrected chi connectivity index (χ1v) is 10.3. The zero-order chi connectivity index (χ0) is 16.9. The van der Waals surface area contributed by atoms with Crippen molar-refractivity contribution in [1.82, 2.24) is 9.80 Å². The molecule has 0 radical (unpaired) electrons. The first-order chi connectivity index (χ1) is 11.2. The highest BCUT2D eigenvalue weighted by molar-refractivity contribution is 4.96. The second-order valence-electron chi connectivity index (χ2n) is 7.75. The molecule has 0 aromatic heterocycles. The zero-order valence-electron chi connectivity index (χ0n) is 16.4. The second kappa shape index (κ2) is 12.7. The van der Waals surface area contributed by atoms with Crippen molar-refractivity contribution >= 4 is 0 Å². The molecule has 0 fully saturated rings. The molecule has 1 aliphatic rings. The highest BCUT2D eigenvalue weighted by atomic mass is 15.4. The summed E-state index contributed by atoms with van der Waals surface area (Å²) in [5, 5.41) is 0. The van der Waals surface area contributed by atoms with Gasteiger partial charge in [-0.2, -0.15) is 0 Å². The van der Waals surface area contributed by atoms with Crippen LogP contribution < -0.4 is 0 Å². The molecular weight excluding hydrogens is 280 g/mol. The fourth-order valence-corrected chi connectivity index (χ4v) is 3.80. The van der Waals surface area contributed by atoms with Crippen molar-refractivity contribution in [1.29, 1.82) is 0 Å². The Kier molecular flexibility index (Phi) is 11.3. The van der Waals surface area contributed by atoms with Crippen molar-refractivity contribution in [3.63, 3.8) is 0 Å². The first kappa shape index (κ1) is 20.4. The molecule has 1 rings (SSSR count). The summed E-state index contributed by atoms with van der Waals surface area (Å²) in [6.07, 6.45) is 22.2. The van der Waals surface area contributed by atoms with Crippen LogP contribution in [0, 0.1) is 5.92 Å². The minimum Gasteiger partial charge on any atom is -0.359 e. The van der Waals surface area contributed by atoms with E-state index in [4.69, 9.17) is 0 Å². The van der Waals surface area contributed by atoms with Gasteiger partial charge in [0, 0.05) is 26.0 Å². The molecule has 23 heavy (non-hydrogen) atoms. The number of rotatable bonds is 14. The van der Waals surface area contributed by atoms with Gasteiger partial charge in [0.15, 0.2) is 0 Å². The van der Waals surface area contributed by atoms with Gasteiger partial charge in [-0.3, -0.25) is 0 Å². The SMILES string of the molecule is CCCCCCCCCCCCCCN1C=CN(C)C1C(C)C. The van der Waals surface area contributed by atoms with Crippen LogP contribution in [-0.4, -0.2) is 29.6 Å². The molecule has 1 atom stereocenters. The third-order valence-electron chi connectivity index (χ3n) is 5.12. The van der Waals surface area contributed by atoms with Crippen LogP contribution in [0.5, 0.6) is 0 Å². The molecule has 0 spiro atoms. The molecule has 0 amide bonds. The van der Waals surface area contributed by atoms with E-state index in [1.54, 1.807) is 0 Å². The Morgan fingerprint density at radius 1 is 0.739 bits per heavy atom. The van der Waals surface area contributed by atoms with Gasteiger partial charge in [-0.05, 0) is 12.3 Å². The summed E-state index contributed by atoms with van der Waals surface area (Å²) in [5.41, 5.74) is 0. The van der Waals surface area contributed by atoms with E-state index < -0.39 is 0 Å². The van der Waals surface area contributed by atoms with Gasteiger partial charge in [0.05, 0.1) is 0 Å². The van der Waals surface area contributed by atoms with Crippen LogP contribution >= 0.6 is 0 Å². The number of nitrogens with zero attached hydrogens (tertiary/aromatic N) is 2. The van der Waals surface area contributed by atoms with Crippen LogP contribution in [0.3, 0.4) is 0 Å². The van der Waals surface area contributed by atoms with Crippen molar-refractivity contribution in [3.8, 4) is 0 Å². The predicted octanol–water partition coefficient (Wildman–Crippen LogP) is 6.39. The van der Waals surface area contributed by atoms with Crippen molar-refractivity contribution in [2.24, 2.45) is 5.92 Å². The molecule has 2 heteroatoms. The Labute approximate surface area is 146 Å². The summed E-state index contributed by atoms with van der Waals surface area (Å²) in [4.78, 5) is 4.88. The van der Waals surface area contributed by atoms with E-state index in [2.05, 4.69) is 50.0 Å². The van der Waals surface area contributed by atoms with Crippen molar-refractivity contribution in [2.75, 3.05) is 13.6 Å². The molecule has 1 unspecified atom stereocenters. The van der Waals surface area contributed by atoms with Crippen LogP contribution in [0.4, 0.5) is 0 Å². The maximum Gasteiger partial charge on any atom is 0.103 e. The summed E-state index contributed by atoms with van der Waals surface area (Å²) in [6.45, 7) is 8.16. The molecule has 0 saturated carbocycles. The van der Waals surface area contributed by atoms with Crippen LogP contribution in [0.25, 0.3) is 0 Å². The lowest BCUT2D eigenvalue weighted by molar-refractivity contribution is 0.125. The third-order valence-corrected chi connectivity index (χ3v) is 5.12. The largest absolute Gasteiger partial charge is 0.359 e. The molecule has 1 heterocycles. The molecule has 0 bridgehead atoms. The van der Waals surface area contributed by atoms with E-state index in [0.29, 0.717) is 12.1 Å². The van der Waals surface area contributed by atoms with E-state index >= 15 is 0 Å². The summed E-state index contributed by atoms with van der Waals surface area (Å²) in [5.74, 6) is 0.687.